The van der Waals surface area contributed by atoms with Crippen LogP contribution in [0.25, 0.3) is 22.0 Å². The summed E-state index contributed by atoms with van der Waals surface area (Å²) in [7, 11) is 0. The van der Waals surface area contributed by atoms with Gasteiger partial charge in [0.2, 0.25) is 0 Å². The highest BCUT2D eigenvalue weighted by Crippen LogP contribution is 2.27. The van der Waals surface area contributed by atoms with Crippen LogP contribution < -0.4 is 4.90 Å². The van der Waals surface area contributed by atoms with E-state index in [0.29, 0.717) is 26.2 Å². The second-order valence-electron chi connectivity index (χ2n) is 7.56. The number of anilines is 1. The highest BCUT2D eigenvalue weighted by atomic mass is 19.1. The summed E-state index contributed by atoms with van der Waals surface area (Å²) in [6.45, 7) is 2.28. The number of carbonyl (C=O) groups excluding carboxylic acids is 1. The maximum Gasteiger partial charge on any atom is 0.256 e. The zero-order valence-electron chi connectivity index (χ0n) is 16.9. The van der Waals surface area contributed by atoms with Crippen molar-refractivity contribution in [3.8, 4) is 11.3 Å². The molecule has 0 atom stereocenters. The summed E-state index contributed by atoms with van der Waals surface area (Å²) in [5.74, 6) is 0.0296. The van der Waals surface area contributed by atoms with Crippen LogP contribution in [0.3, 0.4) is 0 Å². The summed E-state index contributed by atoms with van der Waals surface area (Å²) in [6.07, 6.45) is 0. The Labute approximate surface area is 179 Å². The maximum atomic E-state index is 13.9. The van der Waals surface area contributed by atoms with Crippen LogP contribution in [0.5, 0.6) is 0 Å². The van der Waals surface area contributed by atoms with Crippen LogP contribution in [0, 0.1) is 5.82 Å². The van der Waals surface area contributed by atoms with Crippen molar-refractivity contribution < 1.29 is 9.18 Å². The molecule has 1 aliphatic heterocycles. The van der Waals surface area contributed by atoms with E-state index in [4.69, 9.17) is 0 Å². The molecule has 2 heterocycles. The molecule has 1 saturated heterocycles. The van der Waals surface area contributed by atoms with Gasteiger partial charge in [-0.1, -0.05) is 54.6 Å². The Hall–Kier alpha value is -3.80. The van der Waals surface area contributed by atoms with Crippen LogP contribution in [0.2, 0.25) is 0 Å². The van der Waals surface area contributed by atoms with Crippen molar-refractivity contribution in [2.24, 2.45) is 0 Å². The highest BCUT2D eigenvalue weighted by molar-refractivity contribution is 5.96. The van der Waals surface area contributed by atoms with E-state index >= 15 is 0 Å². The summed E-state index contributed by atoms with van der Waals surface area (Å²) < 4.78 is 13.9. The number of hydrogen-bond acceptors (Lipinski definition) is 4. The lowest BCUT2D eigenvalue weighted by Crippen LogP contribution is -2.49. The topological polar surface area (TPSA) is 49.3 Å². The SMILES string of the molecule is O=C(c1ccccc1F)N1CCN(c2ccc(-c3cccc4ccccc34)nn2)CC1. The molecule has 154 valence electrons. The van der Waals surface area contributed by atoms with Gasteiger partial charge in [0.15, 0.2) is 5.82 Å². The molecule has 6 heteroatoms. The molecule has 3 aromatic carbocycles. The molecule has 31 heavy (non-hydrogen) atoms. The fourth-order valence-corrected chi connectivity index (χ4v) is 4.03. The van der Waals surface area contributed by atoms with Gasteiger partial charge in [-0.2, -0.15) is 0 Å². The Balaban J connectivity index is 1.29. The number of aromatic nitrogens is 2. The van der Waals surface area contributed by atoms with Gasteiger partial charge >= 0.3 is 0 Å². The maximum absolute atomic E-state index is 13.9. The Kier molecular flexibility index (Phi) is 5.04. The van der Waals surface area contributed by atoms with Gasteiger partial charge in [-0.3, -0.25) is 4.79 Å². The van der Waals surface area contributed by atoms with E-state index in [-0.39, 0.29) is 11.5 Å². The summed E-state index contributed by atoms with van der Waals surface area (Å²) in [5.41, 5.74) is 2.00. The molecule has 0 unspecified atom stereocenters. The van der Waals surface area contributed by atoms with E-state index in [2.05, 4.69) is 39.4 Å². The molecule has 5 nitrogen and oxygen atoms in total. The number of nitrogens with zero attached hydrogens (tertiary/aromatic N) is 4. The summed E-state index contributed by atoms with van der Waals surface area (Å²) >= 11 is 0. The number of fused-ring (bicyclic) bond motifs is 1. The van der Waals surface area contributed by atoms with Gasteiger partial charge in [0, 0.05) is 31.7 Å². The van der Waals surface area contributed by atoms with Crippen molar-refractivity contribution in [1.82, 2.24) is 15.1 Å². The minimum atomic E-state index is -0.482. The van der Waals surface area contributed by atoms with Crippen molar-refractivity contribution in [1.29, 1.82) is 0 Å². The number of hydrogen-bond donors (Lipinski definition) is 0. The van der Waals surface area contributed by atoms with E-state index in [0.717, 1.165) is 22.5 Å². The van der Waals surface area contributed by atoms with Crippen molar-refractivity contribution >= 4 is 22.5 Å². The predicted octanol–water partition coefficient (Wildman–Crippen LogP) is 4.40. The van der Waals surface area contributed by atoms with E-state index in [1.807, 2.05) is 30.3 Å². The Morgan fingerprint density at radius 3 is 2.29 bits per heavy atom. The van der Waals surface area contributed by atoms with Crippen molar-refractivity contribution in [2.75, 3.05) is 31.1 Å². The van der Waals surface area contributed by atoms with E-state index in [9.17, 15) is 9.18 Å². The summed E-state index contributed by atoms with van der Waals surface area (Å²) in [6, 6.07) is 24.5. The molecule has 1 amide bonds. The molecule has 0 saturated carbocycles. The van der Waals surface area contributed by atoms with Gasteiger partial charge in [0.25, 0.3) is 5.91 Å². The second-order valence-corrected chi connectivity index (χ2v) is 7.56. The van der Waals surface area contributed by atoms with Crippen LogP contribution in [0.15, 0.2) is 78.9 Å². The number of piperazine rings is 1. The first-order valence-corrected chi connectivity index (χ1v) is 10.3. The molecule has 4 aromatic rings. The third-order valence-electron chi connectivity index (χ3n) is 5.71. The molecule has 1 aromatic heterocycles. The third-order valence-corrected chi connectivity index (χ3v) is 5.71. The van der Waals surface area contributed by atoms with Crippen LogP contribution in [0.4, 0.5) is 10.2 Å². The monoisotopic (exact) mass is 412 g/mol. The smallest absolute Gasteiger partial charge is 0.256 e. The van der Waals surface area contributed by atoms with E-state index in [1.165, 1.54) is 17.5 Å². The molecule has 1 fully saturated rings. The van der Waals surface area contributed by atoms with Gasteiger partial charge < -0.3 is 9.80 Å². The van der Waals surface area contributed by atoms with Gasteiger partial charge in [-0.25, -0.2) is 4.39 Å². The molecule has 5 rings (SSSR count). The average molecular weight is 412 g/mol. The number of amides is 1. The summed E-state index contributed by atoms with van der Waals surface area (Å²) in [4.78, 5) is 16.4. The Morgan fingerprint density at radius 2 is 1.52 bits per heavy atom. The van der Waals surface area contributed by atoms with Crippen LogP contribution in [0.1, 0.15) is 10.4 Å². The number of rotatable bonds is 3. The quantitative estimate of drug-likeness (QED) is 0.501. The van der Waals surface area contributed by atoms with Crippen LogP contribution in [-0.2, 0) is 0 Å². The van der Waals surface area contributed by atoms with Gasteiger partial charge in [-0.05, 0) is 35.0 Å². The summed E-state index contributed by atoms with van der Waals surface area (Å²) in [5, 5.41) is 11.2. The molecular formula is C25H21FN4O. The molecule has 0 bridgehead atoms. The lowest BCUT2D eigenvalue weighted by Gasteiger charge is -2.35. The number of carbonyl (C=O) groups is 1. The number of halogens is 1. The van der Waals surface area contributed by atoms with Crippen molar-refractivity contribution in [3.05, 3.63) is 90.2 Å². The minimum absolute atomic E-state index is 0.121. The number of benzene rings is 3. The molecule has 1 aliphatic rings. The first-order chi connectivity index (χ1) is 15.2. The Morgan fingerprint density at radius 1 is 0.774 bits per heavy atom. The highest BCUT2D eigenvalue weighted by Gasteiger charge is 2.24. The van der Waals surface area contributed by atoms with Crippen molar-refractivity contribution in [2.45, 2.75) is 0 Å². The van der Waals surface area contributed by atoms with E-state index in [1.54, 1.807) is 17.0 Å². The fourth-order valence-electron chi connectivity index (χ4n) is 4.03. The fraction of sp³-hybridized carbons (Fsp3) is 0.160. The minimum Gasteiger partial charge on any atom is -0.352 e. The zero-order chi connectivity index (χ0) is 21.2. The van der Waals surface area contributed by atoms with Crippen LogP contribution >= 0.6 is 0 Å². The largest absolute Gasteiger partial charge is 0.352 e. The van der Waals surface area contributed by atoms with E-state index < -0.39 is 5.82 Å². The lowest BCUT2D eigenvalue weighted by molar-refractivity contribution is 0.0742. The van der Waals surface area contributed by atoms with Crippen LogP contribution in [-0.4, -0.2) is 47.2 Å². The standard InChI is InChI=1S/C25H21FN4O/c26-22-11-4-3-9-21(22)25(31)30-16-14-29(15-17-30)24-13-12-23(27-28-24)20-10-5-7-18-6-1-2-8-19(18)20/h1-13H,14-17H2. The third kappa shape index (κ3) is 3.72. The first-order valence-electron chi connectivity index (χ1n) is 10.3. The molecule has 0 aliphatic carbocycles. The molecule has 0 radical (unpaired) electrons. The van der Waals surface area contributed by atoms with Gasteiger partial charge in [-0.15, -0.1) is 10.2 Å². The first kappa shape index (κ1) is 19.2. The molecular weight excluding hydrogens is 391 g/mol. The molecule has 0 N–H and O–H groups in total. The van der Waals surface area contributed by atoms with Crippen molar-refractivity contribution in [3.63, 3.8) is 0 Å². The lowest BCUT2D eigenvalue weighted by atomic mass is 10.0. The molecule has 0 spiro atoms. The normalized spacial score (nSPS) is 14.1. The second kappa shape index (κ2) is 8.14. The Bertz CT molecular complexity index is 1230. The van der Waals surface area contributed by atoms with Gasteiger partial charge in [0.05, 0.1) is 11.3 Å². The van der Waals surface area contributed by atoms with Gasteiger partial charge in [0.1, 0.15) is 5.82 Å². The average Bonchev–Trinajstić information content (AvgIpc) is 2.84. The zero-order valence-corrected chi connectivity index (χ0v) is 16.9. The predicted molar refractivity (Wildman–Crippen MR) is 119 cm³/mol.